The first-order chi connectivity index (χ1) is 9.69. The number of fused-ring (bicyclic) bond motifs is 1. The van der Waals surface area contributed by atoms with Crippen molar-refractivity contribution in [1.82, 2.24) is 0 Å². The number of aliphatic hydroxyl groups is 1. The predicted octanol–water partition coefficient (Wildman–Crippen LogP) is 3.88. The van der Waals surface area contributed by atoms with E-state index in [0.717, 1.165) is 10.4 Å². The molecule has 0 amide bonds. The Morgan fingerprint density at radius 1 is 1.15 bits per heavy atom. The lowest BCUT2D eigenvalue weighted by molar-refractivity contribution is 0.151. The van der Waals surface area contributed by atoms with Crippen molar-refractivity contribution in [1.29, 1.82) is 0 Å². The highest BCUT2D eigenvalue weighted by atomic mass is 32.1. The van der Waals surface area contributed by atoms with E-state index in [1.165, 1.54) is 21.5 Å². The third-order valence-electron chi connectivity index (χ3n) is 3.38. The van der Waals surface area contributed by atoms with Crippen molar-refractivity contribution >= 4 is 32.1 Å². The molecule has 2 aromatic heterocycles. The minimum Gasteiger partial charge on any atom is -0.387 e. The maximum absolute atomic E-state index is 13.0. The number of hydrogen-bond donors (Lipinski definition) is 2. The second kappa shape index (κ2) is 5.61. The van der Waals surface area contributed by atoms with Gasteiger partial charge in [0.15, 0.2) is 0 Å². The molecule has 3 rings (SSSR count). The summed E-state index contributed by atoms with van der Waals surface area (Å²) >= 11 is 3.25. The van der Waals surface area contributed by atoms with E-state index >= 15 is 0 Å². The van der Waals surface area contributed by atoms with Crippen molar-refractivity contribution in [2.75, 3.05) is 6.54 Å². The van der Waals surface area contributed by atoms with Crippen LogP contribution in [0.2, 0.25) is 0 Å². The highest BCUT2D eigenvalue weighted by Crippen LogP contribution is 2.38. The quantitative estimate of drug-likeness (QED) is 0.768. The standard InChI is InChI=1S/C15H14FNOS2/c16-10-3-1-9(2-4-10)11(8-17)15(18)14-7-13-12(20-14)5-6-19-13/h1-7,11,15,18H,8,17H2. The Morgan fingerprint density at radius 2 is 1.90 bits per heavy atom. The zero-order valence-corrected chi connectivity index (χ0v) is 12.3. The van der Waals surface area contributed by atoms with Gasteiger partial charge in [-0.2, -0.15) is 0 Å². The molecular weight excluding hydrogens is 293 g/mol. The zero-order chi connectivity index (χ0) is 14.1. The molecule has 1 aromatic carbocycles. The van der Waals surface area contributed by atoms with Crippen LogP contribution in [0.25, 0.3) is 9.40 Å². The number of rotatable bonds is 4. The summed E-state index contributed by atoms with van der Waals surface area (Å²) in [5, 5.41) is 12.6. The number of nitrogens with two attached hydrogens (primary N) is 1. The van der Waals surface area contributed by atoms with Crippen molar-refractivity contribution in [3.05, 3.63) is 58.0 Å². The number of benzene rings is 1. The third kappa shape index (κ3) is 2.50. The average molecular weight is 307 g/mol. The van der Waals surface area contributed by atoms with E-state index in [2.05, 4.69) is 6.07 Å². The molecular formula is C15H14FNOS2. The molecule has 5 heteroatoms. The Kier molecular flexibility index (Phi) is 3.85. The van der Waals surface area contributed by atoms with E-state index in [-0.39, 0.29) is 11.7 Å². The van der Waals surface area contributed by atoms with E-state index in [9.17, 15) is 9.50 Å². The van der Waals surface area contributed by atoms with E-state index < -0.39 is 6.10 Å². The van der Waals surface area contributed by atoms with Crippen LogP contribution < -0.4 is 5.73 Å². The van der Waals surface area contributed by atoms with Gasteiger partial charge >= 0.3 is 0 Å². The summed E-state index contributed by atoms with van der Waals surface area (Å²) in [4.78, 5) is 0.909. The minimum absolute atomic E-state index is 0.219. The fourth-order valence-electron chi connectivity index (χ4n) is 2.29. The number of hydrogen-bond acceptors (Lipinski definition) is 4. The van der Waals surface area contributed by atoms with Gasteiger partial charge < -0.3 is 10.8 Å². The van der Waals surface area contributed by atoms with Gasteiger partial charge in [-0.3, -0.25) is 0 Å². The van der Waals surface area contributed by atoms with Gasteiger partial charge in [-0.05, 0) is 35.2 Å². The molecule has 104 valence electrons. The second-order valence-electron chi connectivity index (χ2n) is 4.64. The fourth-order valence-corrected chi connectivity index (χ4v) is 4.46. The third-order valence-corrected chi connectivity index (χ3v) is 5.55. The summed E-state index contributed by atoms with van der Waals surface area (Å²) in [7, 11) is 0. The number of halogens is 1. The number of aliphatic hydroxyl groups excluding tert-OH is 1. The predicted molar refractivity (Wildman–Crippen MR) is 82.9 cm³/mol. The first-order valence-corrected chi connectivity index (χ1v) is 7.99. The Balaban J connectivity index is 1.91. The second-order valence-corrected chi connectivity index (χ2v) is 6.70. The molecule has 0 aliphatic heterocycles. The van der Waals surface area contributed by atoms with Crippen molar-refractivity contribution in [3.63, 3.8) is 0 Å². The molecule has 20 heavy (non-hydrogen) atoms. The highest BCUT2D eigenvalue weighted by Gasteiger charge is 2.23. The molecule has 0 saturated heterocycles. The van der Waals surface area contributed by atoms with Crippen LogP contribution >= 0.6 is 22.7 Å². The summed E-state index contributed by atoms with van der Waals surface area (Å²) in [5.74, 6) is -0.501. The molecule has 3 N–H and O–H groups in total. The summed E-state index contributed by atoms with van der Waals surface area (Å²) in [6.45, 7) is 0.318. The van der Waals surface area contributed by atoms with Crippen LogP contribution in [0.5, 0.6) is 0 Å². The minimum atomic E-state index is -0.657. The Bertz CT molecular complexity index is 676. The van der Waals surface area contributed by atoms with Gasteiger partial charge in [0, 0.05) is 26.7 Å². The molecule has 2 heterocycles. The summed E-state index contributed by atoms with van der Waals surface area (Å²) in [5.41, 5.74) is 6.66. The van der Waals surface area contributed by atoms with E-state index in [1.54, 1.807) is 34.8 Å². The van der Waals surface area contributed by atoms with Crippen molar-refractivity contribution in [2.24, 2.45) is 5.73 Å². The Hall–Kier alpha value is -1.27. The molecule has 2 atom stereocenters. The highest BCUT2D eigenvalue weighted by molar-refractivity contribution is 7.26. The van der Waals surface area contributed by atoms with Gasteiger partial charge in [0.2, 0.25) is 0 Å². The molecule has 2 unspecified atom stereocenters. The maximum atomic E-state index is 13.0. The summed E-state index contributed by atoms with van der Waals surface area (Å²) < 4.78 is 15.3. The summed E-state index contributed by atoms with van der Waals surface area (Å²) in [6.07, 6.45) is -0.657. The lowest BCUT2D eigenvalue weighted by atomic mass is 9.92. The largest absolute Gasteiger partial charge is 0.387 e. The van der Waals surface area contributed by atoms with Crippen LogP contribution in [-0.2, 0) is 0 Å². The van der Waals surface area contributed by atoms with E-state index in [0.29, 0.717) is 6.54 Å². The molecule has 0 saturated carbocycles. The molecule has 0 spiro atoms. The van der Waals surface area contributed by atoms with Crippen LogP contribution in [-0.4, -0.2) is 11.7 Å². The lowest BCUT2D eigenvalue weighted by Gasteiger charge is -2.20. The molecule has 0 aliphatic rings. The normalized spacial score (nSPS) is 14.6. The first kappa shape index (κ1) is 13.7. The van der Waals surface area contributed by atoms with Crippen molar-refractivity contribution < 1.29 is 9.50 Å². The topological polar surface area (TPSA) is 46.2 Å². The van der Waals surface area contributed by atoms with Crippen LogP contribution in [0.3, 0.4) is 0 Å². The van der Waals surface area contributed by atoms with Gasteiger partial charge in [0.25, 0.3) is 0 Å². The first-order valence-electron chi connectivity index (χ1n) is 6.29. The lowest BCUT2D eigenvalue weighted by Crippen LogP contribution is -2.19. The SMILES string of the molecule is NCC(c1ccc(F)cc1)C(O)c1cc2sccc2s1. The van der Waals surface area contributed by atoms with Crippen LogP contribution in [0, 0.1) is 5.82 Å². The fraction of sp³-hybridized carbons (Fsp3) is 0.200. The molecule has 3 aromatic rings. The van der Waals surface area contributed by atoms with Crippen molar-refractivity contribution in [3.8, 4) is 0 Å². The van der Waals surface area contributed by atoms with Gasteiger partial charge in [0.1, 0.15) is 5.82 Å². The molecule has 0 bridgehead atoms. The van der Waals surface area contributed by atoms with E-state index in [1.807, 2.05) is 11.4 Å². The molecule has 0 fully saturated rings. The van der Waals surface area contributed by atoms with E-state index in [4.69, 9.17) is 5.73 Å². The monoisotopic (exact) mass is 307 g/mol. The van der Waals surface area contributed by atoms with Gasteiger partial charge in [-0.25, -0.2) is 4.39 Å². The Labute approximate surface area is 124 Å². The molecule has 0 radical (unpaired) electrons. The van der Waals surface area contributed by atoms with Crippen LogP contribution in [0.15, 0.2) is 41.8 Å². The maximum Gasteiger partial charge on any atom is 0.123 e. The van der Waals surface area contributed by atoms with Gasteiger partial charge in [0.05, 0.1) is 6.10 Å². The van der Waals surface area contributed by atoms with Crippen LogP contribution in [0.1, 0.15) is 22.5 Å². The Morgan fingerprint density at radius 3 is 2.55 bits per heavy atom. The zero-order valence-electron chi connectivity index (χ0n) is 10.6. The summed E-state index contributed by atoms with van der Waals surface area (Å²) in [6, 6.07) is 10.2. The average Bonchev–Trinajstić information content (AvgIpc) is 3.02. The van der Waals surface area contributed by atoms with Crippen molar-refractivity contribution in [2.45, 2.75) is 12.0 Å². The number of thiophene rings is 2. The molecule has 0 aliphatic carbocycles. The smallest absolute Gasteiger partial charge is 0.123 e. The van der Waals surface area contributed by atoms with Gasteiger partial charge in [-0.15, -0.1) is 22.7 Å². The van der Waals surface area contributed by atoms with Crippen LogP contribution in [0.4, 0.5) is 4.39 Å². The van der Waals surface area contributed by atoms with Gasteiger partial charge in [-0.1, -0.05) is 12.1 Å². The molecule has 2 nitrogen and oxygen atoms in total.